The second-order valence-electron chi connectivity index (χ2n) is 4.16. The van der Waals surface area contributed by atoms with Crippen LogP contribution in [0, 0.1) is 0 Å². The monoisotopic (exact) mass is 286 g/mol. The summed E-state index contributed by atoms with van der Waals surface area (Å²) in [4.78, 5) is 20.2. The number of amides is 1. The van der Waals surface area contributed by atoms with Gasteiger partial charge in [0, 0.05) is 30.7 Å². The van der Waals surface area contributed by atoms with Gasteiger partial charge >= 0.3 is 0 Å². The van der Waals surface area contributed by atoms with E-state index in [1.54, 1.807) is 24.5 Å². The molecule has 0 saturated carbocycles. The van der Waals surface area contributed by atoms with Gasteiger partial charge in [-0.3, -0.25) is 14.8 Å². The van der Waals surface area contributed by atoms with E-state index in [0.29, 0.717) is 17.8 Å². The zero-order valence-electron chi connectivity index (χ0n) is 10.7. The minimum absolute atomic E-state index is 0.219. The van der Waals surface area contributed by atoms with Gasteiger partial charge in [0.2, 0.25) is 0 Å². The van der Waals surface area contributed by atoms with Crippen LogP contribution in [0.4, 0.5) is 0 Å². The molecule has 0 unspecified atom stereocenters. The normalized spacial score (nSPS) is 10.0. The third-order valence-corrected chi connectivity index (χ3v) is 2.94. The molecule has 0 aliphatic rings. The van der Waals surface area contributed by atoms with E-state index in [9.17, 15) is 4.79 Å². The van der Waals surface area contributed by atoms with E-state index in [4.69, 9.17) is 18.0 Å². The molecular weight excluding hydrogens is 272 g/mol. The van der Waals surface area contributed by atoms with E-state index >= 15 is 0 Å². The number of pyridine rings is 2. The van der Waals surface area contributed by atoms with Crippen molar-refractivity contribution in [3.8, 4) is 0 Å². The van der Waals surface area contributed by atoms with Gasteiger partial charge in [-0.25, -0.2) is 0 Å². The van der Waals surface area contributed by atoms with Crippen molar-refractivity contribution >= 4 is 23.1 Å². The number of carbonyl (C=O) groups is 1. The van der Waals surface area contributed by atoms with E-state index in [2.05, 4.69) is 15.3 Å². The number of carbonyl (C=O) groups excluding carboxylic acids is 1. The number of hydrogen-bond acceptors (Lipinski definition) is 4. The second kappa shape index (κ2) is 6.72. The molecule has 0 spiro atoms. The topological polar surface area (TPSA) is 80.9 Å². The fourth-order valence-corrected chi connectivity index (χ4v) is 1.75. The lowest BCUT2D eigenvalue weighted by Crippen LogP contribution is -2.26. The molecule has 3 N–H and O–H groups in total. The Morgan fingerprint density at radius 1 is 1.30 bits per heavy atom. The molecule has 0 atom stereocenters. The van der Waals surface area contributed by atoms with Gasteiger partial charge in [-0.05, 0) is 30.2 Å². The first-order valence-corrected chi connectivity index (χ1v) is 6.50. The summed E-state index contributed by atoms with van der Waals surface area (Å²) in [5.74, 6) is -0.219. The molecule has 2 rings (SSSR count). The van der Waals surface area contributed by atoms with Gasteiger partial charge < -0.3 is 11.1 Å². The van der Waals surface area contributed by atoms with Crippen molar-refractivity contribution < 1.29 is 4.79 Å². The standard InChI is InChI=1S/C14H14N4OS/c15-13(20)11-3-4-12(18-9-11)14(19)17-7-5-10-2-1-6-16-8-10/h1-4,6,8-9H,5,7H2,(H2,15,20)(H,17,19). The van der Waals surface area contributed by atoms with Crippen molar-refractivity contribution in [2.75, 3.05) is 6.54 Å². The summed E-state index contributed by atoms with van der Waals surface area (Å²) >= 11 is 4.83. The minimum atomic E-state index is -0.219. The first-order valence-electron chi connectivity index (χ1n) is 6.10. The lowest BCUT2D eigenvalue weighted by Gasteiger charge is -2.05. The van der Waals surface area contributed by atoms with Gasteiger partial charge in [0.15, 0.2) is 0 Å². The molecule has 102 valence electrons. The van der Waals surface area contributed by atoms with Crippen LogP contribution in [-0.4, -0.2) is 27.4 Å². The summed E-state index contributed by atoms with van der Waals surface area (Å²) in [7, 11) is 0. The van der Waals surface area contributed by atoms with Gasteiger partial charge in [-0.15, -0.1) is 0 Å². The Hall–Kier alpha value is -2.34. The predicted octanol–water partition coefficient (Wildman–Crippen LogP) is 1.08. The van der Waals surface area contributed by atoms with Crippen LogP contribution < -0.4 is 11.1 Å². The summed E-state index contributed by atoms with van der Waals surface area (Å²) in [5.41, 5.74) is 7.53. The maximum Gasteiger partial charge on any atom is 0.269 e. The first-order chi connectivity index (χ1) is 9.66. The van der Waals surface area contributed by atoms with Gasteiger partial charge in [0.1, 0.15) is 10.7 Å². The average molecular weight is 286 g/mol. The summed E-state index contributed by atoms with van der Waals surface area (Å²) in [5, 5.41) is 2.80. The average Bonchev–Trinajstić information content (AvgIpc) is 2.48. The van der Waals surface area contributed by atoms with E-state index in [1.165, 1.54) is 6.20 Å². The smallest absolute Gasteiger partial charge is 0.269 e. The summed E-state index contributed by atoms with van der Waals surface area (Å²) < 4.78 is 0. The first kappa shape index (κ1) is 14.1. The molecule has 2 heterocycles. The highest BCUT2D eigenvalue weighted by Crippen LogP contribution is 2.01. The van der Waals surface area contributed by atoms with Gasteiger partial charge in [0.05, 0.1) is 0 Å². The van der Waals surface area contributed by atoms with Crippen LogP contribution in [0.2, 0.25) is 0 Å². The predicted molar refractivity (Wildman–Crippen MR) is 80.4 cm³/mol. The Morgan fingerprint density at radius 3 is 2.75 bits per heavy atom. The third kappa shape index (κ3) is 3.83. The van der Waals surface area contributed by atoms with Crippen LogP contribution in [0.5, 0.6) is 0 Å². The fourth-order valence-electron chi connectivity index (χ4n) is 1.63. The Balaban J connectivity index is 1.87. The number of hydrogen-bond donors (Lipinski definition) is 2. The minimum Gasteiger partial charge on any atom is -0.389 e. The number of nitrogens with zero attached hydrogens (tertiary/aromatic N) is 2. The molecule has 20 heavy (non-hydrogen) atoms. The van der Waals surface area contributed by atoms with E-state index < -0.39 is 0 Å². The molecule has 0 aliphatic carbocycles. The molecule has 0 bridgehead atoms. The van der Waals surface area contributed by atoms with Crippen molar-refractivity contribution in [3.63, 3.8) is 0 Å². The highest BCUT2D eigenvalue weighted by molar-refractivity contribution is 7.80. The highest BCUT2D eigenvalue weighted by Gasteiger charge is 2.07. The number of thiocarbonyl (C=S) groups is 1. The van der Waals surface area contributed by atoms with Gasteiger partial charge in [-0.2, -0.15) is 0 Å². The van der Waals surface area contributed by atoms with Crippen molar-refractivity contribution in [2.45, 2.75) is 6.42 Å². The van der Waals surface area contributed by atoms with E-state index in [1.807, 2.05) is 12.1 Å². The van der Waals surface area contributed by atoms with Gasteiger partial charge in [-0.1, -0.05) is 18.3 Å². The van der Waals surface area contributed by atoms with Gasteiger partial charge in [0.25, 0.3) is 5.91 Å². The Morgan fingerprint density at radius 2 is 2.15 bits per heavy atom. The van der Waals surface area contributed by atoms with Crippen LogP contribution in [0.1, 0.15) is 21.6 Å². The molecule has 2 aromatic rings. The van der Waals surface area contributed by atoms with Crippen LogP contribution >= 0.6 is 12.2 Å². The lowest BCUT2D eigenvalue weighted by molar-refractivity contribution is 0.0949. The quantitative estimate of drug-likeness (QED) is 0.804. The molecule has 1 amide bonds. The number of aromatic nitrogens is 2. The van der Waals surface area contributed by atoms with Crippen molar-refractivity contribution in [1.29, 1.82) is 0 Å². The maximum absolute atomic E-state index is 11.9. The Bertz CT molecular complexity index is 598. The van der Waals surface area contributed by atoms with Crippen LogP contribution in [0.25, 0.3) is 0 Å². The zero-order valence-corrected chi connectivity index (χ0v) is 11.6. The van der Waals surface area contributed by atoms with Crippen molar-refractivity contribution in [1.82, 2.24) is 15.3 Å². The Labute approximate surface area is 122 Å². The molecule has 0 fully saturated rings. The number of nitrogens with one attached hydrogen (secondary N) is 1. The molecule has 0 saturated heterocycles. The van der Waals surface area contributed by atoms with Crippen molar-refractivity contribution in [3.05, 3.63) is 59.7 Å². The molecule has 0 aliphatic heterocycles. The highest BCUT2D eigenvalue weighted by atomic mass is 32.1. The Kier molecular flexibility index (Phi) is 4.73. The van der Waals surface area contributed by atoms with Crippen LogP contribution in [0.3, 0.4) is 0 Å². The van der Waals surface area contributed by atoms with E-state index in [-0.39, 0.29) is 10.9 Å². The van der Waals surface area contributed by atoms with E-state index in [0.717, 1.165) is 12.0 Å². The summed E-state index contributed by atoms with van der Waals surface area (Å²) in [6.45, 7) is 0.531. The molecule has 0 aromatic carbocycles. The number of rotatable bonds is 5. The zero-order chi connectivity index (χ0) is 14.4. The molecular formula is C14H14N4OS. The maximum atomic E-state index is 11.9. The fraction of sp³-hybridized carbons (Fsp3) is 0.143. The molecule has 2 aromatic heterocycles. The number of nitrogens with two attached hydrogens (primary N) is 1. The largest absolute Gasteiger partial charge is 0.389 e. The summed E-state index contributed by atoms with van der Waals surface area (Å²) in [6.07, 6.45) is 5.72. The second-order valence-corrected chi connectivity index (χ2v) is 4.60. The SMILES string of the molecule is NC(=S)c1ccc(C(=O)NCCc2cccnc2)nc1. The lowest BCUT2D eigenvalue weighted by atomic mass is 10.2. The molecule has 6 heteroatoms. The third-order valence-electron chi connectivity index (χ3n) is 2.70. The van der Waals surface area contributed by atoms with Crippen molar-refractivity contribution in [2.24, 2.45) is 5.73 Å². The van der Waals surface area contributed by atoms with Crippen LogP contribution in [-0.2, 0) is 6.42 Å². The molecule has 0 radical (unpaired) electrons. The summed E-state index contributed by atoms with van der Waals surface area (Å²) in [6, 6.07) is 7.13. The van der Waals surface area contributed by atoms with Crippen LogP contribution in [0.15, 0.2) is 42.9 Å². The molecule has 5 nitrogen and oxygen atoms in total.